The lowest BCUT2D eigenvalue weighted by atomic mass is 9.92. The van der Waals surface area contributed by atoms with Gasteiger partial charge in [-0.25, -0.2) is 9.37 Å². The van der Waals surface area contributed by atoms with Gasteiger partial charge in [0, 0.05) is 6.20 Å². The number of hydrogen-bond donors (Lipinski definition) is 2. The number of aromatic nitrogens is 1. The molecule has 16 heavy (non-hydrogen) atoms. The molecule has 0 saturated heterocycles. The molecule has 2 atom stereocenters. The van der Waals surface area contributed by atoms with Crippen LogP contribution in [0, 0.1) is 5.82 Å². The Hall–Kier alpha value is -0.870. The fourth-order valence-electron chi connectivity index (χ4n) is 1.98. The minimum atomic E-state index is -0.481. The summed E-state index contributed by atoms with van der Waals surface area (Å²) in [6.45, 7) is 0. The number of pyridine rings is 1. The van der Waals surface area contributed by atoms with Crippen LogP contribution in [0.15, 0.2) is 12.3 Å². The molecule has 0 radical (unpaired) electrons. The summed E-state index contributed by atoms with van der Waals surface area (Å²) in [5.74, 6) is -0.319. The lowest BCUT2D eigenvalue weighted by Gasteiger charge is -2.28. The molecule has 1 heterocycles. The summed E-state index contributed by atoms with van der Waals surface area (Å²) in [6, 6.07) is 1.10. The Morgan fingerprint density at radius 1 is 1.44 bits per heavy atom. The molecular formula is C11H14ClFN2O. The molecule has 1 fully saturated rings. The summed E-state index contributed by atoms with van der Waals surface area (Å²) in [5, 5.41) is 12.9. The molecule has 88 valence electrons. The van der Waals surface area contributed by atoms with E-state index in [1.807, 2.05) is 0 Å². The predicted octanol–water partition coefficient (Wildman–Crippen LogP) is 2.59. The topological polar surface area (TPSA) is 45.1 Å². The van der Waals surface area contributed by atoms with Crippen LogP contribution in [0.5, 0.6) is 0 Å². The van der Waals surface area contributed by atoms with Crippen molar-refractivity contribution in [3.05, 3.63) is 23.1 Å². The zero-order valence-corrected chi connectivity index (χ0v) is 9.54. The lowest BCUT2D eigenvalue weighted by molar-refractivity contribution is 0.116. The summed E-state index contributed by atoms with van der Waals surface area (Å²) >= 11 is 5.61. The van der Waals surface area contributed by atoms with E-state index in [0.717, 1.165) is 25.7 Å². The van der Waals surface area contributed by atoms with E-state index in [1.165, 1.54) is 12.3 Å². The van der Waals surface area contributed by atoms with Crippen molar-refractivity contribution in [1.82, 2.24) is 4.98 Å². The smallest absolute Gasteiger partial charge is 0.166 e. The zero-order chi connectivity index (χ0) is 11.5. The first kappa shape index (κ1) is 11.6. The lowest BCUT2D eigenvalue weighted by Crippen LogP contribution is -2.36. The van der Waals surface area contributed by atoms with Crippen LogP contribution in [-0.4, -0.2) is 22.2 Å². The predicted molar refractivity (Wildman–Crippen MR) is 61.1 cm³/mol. The standard InChI is InChI=1S/C11H14ClFN2O/c12-7-5-8(13)11(14-6-7)15-9-3-1-2-4-10(9)16/h5-6,9-10,16H,1-4H2,(H,14,15). The third-order valence-electron chi connectivity index (χ3n) is 2.86. The number of nitrogens with zero attached hydrogens (tertiary/aromatic N) is 1. The second-order valence-corrected chi connectivity index (χ2v) is 4.52. The molecule has 0 bridgehead atoms. The molecule has 3 nitrogen and oxygen atoms in total. The molecule has 0 spiro atoms. The first-order valence-electron chi connectivity index (χ1n) is 5.42. The quantitative estimate of drug-likeness (QED) is 0.841. The van der Waals surface area contributed by atoms with Gasteiger partial charge in [-0.3, -0.25) is 0 Å². The van der Waals surface area contributed by atoms with Gasteiger partial charge in [0.1, 0.15) is 0 Å². The SMILES string of the molecule is OC1CCCCC1Nc1ncc(Cl)cc1F. The molecule has 0 aliphatic heterocycles. The van der Waals surface area contributed by atoms with Gasteiger partial charge in [0.25, 0.3) is 0 Å². The van der Waals surface area contributed by atoms with Gasteiger partial charge in [-0.1, -0.05) is 24.4 Å². The fraction of sp³-hybridized carbons (Fsp3) is 0.545. The van der Waals surface area contributed by atoms with Crippen molar-refractivity contribution >= 4 is 17.4 Å². The van der Waals surface area contributed by atoms with Crippen LogP contribution in [0.3, 0.4) is 0 Å². The Morgan fingerprint density at radius 2 is 2.19 bits per heavy atom. The van der Waals surface area contributed by atoms with Crippen LogP contribution >= 0.6 is 11.6 Å². The van der Waals surface area contributed by atoms with Crippen molar-refractivity contribution in [3.63, 3.8) is 0 Å². The largest absolute Gasteiger partial charge is 0.391 e. The summed E-state index contributed by atoms with van der Waals surface area (Å²) in [7, 11) is 0. The molecule has 1 aromatic heterocycles. The number of halogens is 2. The maximum Gasteiger partial charge on any atom is 0.166 e. The third kappa shape index (κ3) is 2.62. The number of nitrogens with one attached hydrogen (secondary N) is 1. The first-order chi connectivity index (χ1) is 7.66. The first-order valence-corrected chi connectivity index (χ1v) is 5.80. The molecule has 1 aromatic rings. The number of aliphatic hydroxyl groups is 1. The highest BCUT2D eigenvalue weighted by Crippen LogP contribution is 2.23. The molecule has 2 unspecified atom stereocenters. The van der Waals surface area contributed by atoms with E-state index >= 15 is 0 Å². The molecule has 5 heteroatoms. The van der Waals surface area contributed by atoms with Gasteiger partial charge in [0.15, 0.2) is 11.6 Å². The third-order valence-corrected chi connectivity index (χ3v) is 3.07. The Kier molecular flexibility index (Phi) is 3.61. The molecular weight excluding hydrogens is 231 g/mol. The molecule has 1 saturated carbocycles. The molecule has 1 aliphatic rings. The van der Waals surface area contributed by atoms with Crippen LogP contribution in [0.4, 0.5) is 10.2 Å². The number of aliphatic hydroxyl groups excluding tert-OH is 1. The van der Waals surface area contributed by atoms with Gasteiger partial charge in [0.05, 0.1) is 17.2 Å². The second-order valence-electron chi connectivity index (χ2n) is 4.09. The highest BCUT2D eigenvalue weighted by molar-refractivity contribution is 6.30. The van der Waals surface area contributed by atoms with E-state index in [2.05, 4.69) is 10.3 Å². The van der Waals surface area contributed by atoms with E-state index in [0.29, 0.717) is 0 Å². The van der Waals surface area contributed by atoms with Crippen molar-refractivity contribution in [2.45, 2.75) is 37.8 Å². The van der Waals surface area contributed by atoms with E-state index in [-0.39, 0.29) is 16.9 Å². The fourth-order valence-corrected chi connectivity index (χ4v) is 2.12. The Labute approximate surface area is 98.6 Å². The average molecular weight is 245 g/mol. The molecule has 1 aliphatic carbocycles. The second kappa shape index (κ2) is 4.97. The zero-order valence-electron chi connectivity index (χ0n) is 8.79. The Balaban J connectivity index is 2.07. The van der Waals surface area contributed by atoms with Crippen molar-refractivity contribution in [1.29, 1.82) is 0 Å². The van der Waals surface area contributed by atoms with Gasteiger partial charge in [-0.15, -0.1) is 0 Å². The van der Waals surface area contributed by atoms with Gasteiger partial charge < -0.3 is 10.4 Å². The van der Waals surface area contributed by atoms with E-state index in [9.17, 15) is 9.50 Å². The van der Waals surface area contributed by atoms with Crippen LogP contribution < -0.4 is 5.32 Å². The van der Waals surface area contributed by atoms with Crippen molar-refractivity contribution in [3.8, 4) is 0 Å². The number of rotatable bonds is 2. The summed E-state index contributed by atoms with van der Waals surface area (Å²) in [4.78, 5) is 3.88. The minimum Gasteiger partial charge on any atom is -0.391 e. The van der Waals surface area contributed by atoms with Crippen LogP contribution in [0.25, 0.3) is 0 Å². The van der Waals surface area contributed by atoms with Gasteiger partial charge >= 0.3 is 0 Å². The Morgan fingerprint density at radius 3 is 2.88 bits per heavy atom. The van der Waals surface area contributed by atoms with Gasteiger partial charge in [-0.2, -0.15) is 0 Å². The van der Waals surface area contributed by atoms with Crippen LogP contribution in [-0.2, 0) is 0 Å². The maximum absolute atomic E-state index is 13.4. The molecule has 2 rings (SSSR count). The Bertz CT molecular complexity index is 375. The number of hydrogen-bond acceptors (Lipinski definition) is 3. The van der Waals surface area contributed by atoms with Gasteiger partial charge in [0.2, 0.25) is 0 Å². The summed E-state index contributed by atoms with van der Waals surface area (Å²) in [5.41, 5.74) is 0. The highest BCUT2D eigenvalue weighted by Gasteiger charge is 2.23. The molecule has 0 amide bonds. The van der Waals surface area contributed by atoms with Gasteiger partial charge in [-0.05, 0) is 18.9 Å². The van der Waals surface area contributed by atoms with E-state index in [4.69, 9.17) is 11.6 Å². The average Bonchev–Trinajstić information content (AvgIpc) is 2.25. The van der Waals surface area contributed by atoms with E-state index in [1.54, 1.807) is 0 Å². The molecule has 2 N–H and O–H groups in total. The highest BCUT2D eigenvalue weighted by atomic mass is 35.5. The molecule has 0 aromatic carbocycles. The summed E-state index contributed by atoms with van der Waals surface area (Å²) < 4.78 is 13.4. The van der Waals surface area contributed by atoms with Crippen LogP contribution in [0.2, 0.25) is 5.02 Å². The summed E-state index contributed by atoms with van der Waals surface area (Å²) in [6.07, 6.45) is 4.63. The normalized spacial score (nSPS) is 25.4. The minimum absolute atomic E-state index is 0.114. The van der Waals surface area contributed by atoms with Crippen molar-refractivity contribution in [2.24, 2.45) is 0 Å². The maximum atomic E-state index is 13.4. The van der Waals surface area contributed by atoms with E-state index < -0.39 is 11.9 Å². The van der Waals surface area contributed by atoms with Crippen molar-refractivity contribution < 1.29 is 9.50 Å². The number of anilines is 1. The monoisotopic (exact) mass is 244 g/mol. The van der Waals surface area contributed by atoms with Crippen molar-refractivity contribution in [2.75, 3.05) is 5.32 Å². The van der Waals surface area contributed by atoms with Crippen LogP contribution in [0.1, 0.15) is 25.7 Å².